The van der Waals surface area contributed by atoms with Gasteiger partial charge >= 0.3 is 0 Å². The molecular formula is C11H14N2O. The van der Waals surface area contributed by atoms with Crippen molar-refractivity contribution in [3.63, 3.8) is 0 Å². The molecule has 0 atom stereocenters. The summed E-state index contributed by atoms with van der Waals surface area (Å²) in [6.45, 7) is 6.18. The van der Waals surface area contributed by atoms with Gasteiger partial charge in [-0.25, -0.2) is 0 Å². The molecule has 0 aliphatic carbocycles. The SMILES string of the molecule is CC(C)(C)n1nc(O)c2ccccc21. The second-order valence-electron chi connectivity index (χ2n) is 4.42. The Kier molecular flexibility index (Phi) is 1.77. The molecule has 0 spiro atoms. The van der Waals surface area contributed by atoms with Crippen LogP contribution < -0.4 is 0 Å². The highest BCUT2D eigenvalue weighted by Crippen LogP contribution is 2.27. The van der Waals surface area contributed by atoms with Crippen LogP contribution in [0.5, 0.6) is 5.88 Å². The minimum atomic E-state index is -0.111. The van der Waals surface area contributed by atoms with Crippen LogP contribution in [0.2, 0.25) is 0 Å². The van der Waals surface area contributed by atoms with Crippen LogP contribution in [-0.2, 0) is 5.54 Å². The number of aromatic hydroxyl groups is 1. The van der Waals surface area contributed by atoms with Crippen LogP contribution in [0.4, 0.5) is 0 Å². The maximum absolute atomic E-state index is 9.62. The number of benzene rings is 1. The minimum absolute atomic E-state index is 0.107. The predicted molar refractivity (Wildman–Crippen MR) is 56.4 cm³/mol. The average molecular weight is 190 g/mol. The zero-order valence-electron chi connectivity index (χ0n) is 8.65. The maximum Gasteiger partial charge on any atom is 0.238 e. The summed E-state index contributed by atoms with van der Waals surface area (Å²) >= 11 is 0. The Bertz CT molecular complexity index is 466. The number of rotatable bonds is 0. The zero-order chi connectivity index (χ0) is 10.3. The predicted octanol–water partition coefficient (Wildman–Crippen LogP) is 2.50. The molecule has 14 heavy (non-hydrogen) atoms. The second kappa shape index (κ2) is 2.74. The van der Waals surface area contributed by atoms with Crippen LogP contribution in [0.1, 0.15) is 20.8 Å². The van der Waals surface area contributed by atoms with Crippen molar-refractivity contribution in [3.8, 4) is 5.88 Å². The largest absolute Gasteiger partial charge is 0.492 e. The van der Waals surface area contributed by atoms with E-state index in [9.17, 15) is 5.11 Å². The molecule has 2 rings (SSSR count). The topological polar surface area (TPSA) is 38.0 Å². The van der Waals surface area contributed by atoms with E-state index in [1.807, 2.05) is 28.9 Å². The Hall–Kier alpha value is -1.51. The number of para-hydroxylation sites is 1. The smallest absolute Gasteiger partial charge is 0.238 e. The molecule has 0 amide bonds. The van der Waals surface area contributed by atoms with E-state index in [1.54, 1.807) is 0 Å². The highest BCUT2D eigenvalue weighted by Gasteiger charge is 2.19. The van der Waals surface area contributed by atoms with Crippen LogP contribution in [0.3, 0.4) is 0 Å². The van der Waals surface area contributed by atoms with Gasteiger partial charge in [0.2, 0.25) is 5.88 Å². The Balaban J connectivity index is 2.80. The molecule has 1 aromatic carbocycles. The highest BCUT2D eigenvalue weighted by molar-refractivity contribution is 5.84. The third-order valence-electron chi connectivity index (χ3n) is 2.20. The van der Waals surface area contributed by atoms with E-state index in [0.29, 0.717) is 0 Å². The van der Waals surface area contributed by atoms with E-state index in [4.69, 9.17) is 0 Å². The van der Waals surface area contributed by atoms with Gasteiger partial charge in [-0.1, -0.05) is 12.1 Å². The number of hydrogen-bond acceptors (Lipinski definition) is 2. The summed E-state index contributed by atoms with van der Waals surface area (Å²) in [4.78, 5) is 0. The van der Waals surface area contributed by atoms with Crippen molar-refractivity contribution in [2.75, 3.05) is 0 Å². The molecule has 0 saturated carbocycles. The summed E-state index contributed by atoms with van der Waals surface area (Å²) in [5.41, 5.74) is 0.859. The molecule has 0 aliphatic heterocycles. The lowest BCUT2D eigenvalue weighted by atomic mass is 10.1. The van der Waals surface area contributed by atoms with Crippen molar-refractivity contribution < 1.29 is 5.11 Å². The monoisotopic (exact) mass is 190 g/mol. The number of hydrogen-bond donors (Lipinski definition) is 1. The zero-order valence-corrected chi connectivity index (χ0v) is 8.65. The summed E-state index contributed by atoms with van der Waals surface area (Å²) in [5.74, 6) is 0.107. The van der Waals surface area contributed by atoms with E-state index >= 15 is 0 Å². The average Bonchev–Trinajstić information content (AvgIpc) is 2.44. The van der Waals surface area contributed by atoms with Crippen molar-refractivity contribution in [1.29, 1.82) is 0 Å². The van der Waals surface area contributed by atoms with Crippen molar-refractivity contribution >= 4 is 10.9 Å². The van der Waals surface area contributed by atoms with Crippen molar-refractivity contribution in [1.82, 2.24) is 9.78 Å². The Morgan fingerprint density at radius 1 is 1.21 bits per heavy atom. The molecule has 0 saturated heterocycles. The molecule has 0 unspecified atom stereocenters. The lowest BCUT2D eigenvalue weighted by Crippen LogP contribution is -2.22. The fourth-order valence-corrected chi connectivity index (χ4v) is 1.56. The quantitative estimate of drug-likeness (QED) is 0.693. The lowest BCUT2D eigenvalue weighted by Gasteiger charge is -2.19. The molecule has 1 N–H and O–H groups in total. The van der Waals surface area contributed by atoms with E-state index in [2.05, 4.69) is 25.9 Å². The fourth-order valence-electron chi connectivity index (χ4n) is 1.56. The number of aromatic nitrogens is 2. The van der Waals surface area contributed by atoms with E-state index in [1.165, 1.54) is 0 Å². The van der Waals surface area contributed by atoms with Crippen molar-refractivity contribution in [3.05, 3.63) is 24.3 Å². The van der Waals surface area contributed by atoms with Crippen molar-refractivity contribution in [2.24, 2.45) is 0 Å². The van der Waals surface area contributed by atoms with Gasteiger partial charge in [-0.15, -0.1) is 5.10 Å². The van der Waals surface area contributed by atoms with Gasteiger partial charge in [0.15, 0.2) is 0 Å². The van der Waals surface area contributed by atoms with Gasteiger partial charge in [0.05, 0.1) is 16.4 Å². The summed E-state index contributed by atoms with van der Waals surface area (Å²) in [5, 5.41) is 14.6. The second-order valence-corrected chi connectivity index (χ2v) is 4.42. The van der Waals surface area contributed by atoms with Gasteiger partial charge in [-0.2, -0.15) is 0 Å². The summed E-state index contributed by atoms with van der Waals surface area (Å²) in [6, 6.07) is 7.69. The van der Waals surface area contributed by atoms with E-state index < -0.39 is 0 Å². The standard InChI is InChI=1S/C11H14N2O/c1-11(2,3)13-9-7-5-4-6-8(9)10(14)12-13/h4-7H,1-3H3,(H,12,14). The maximum atomic E-state index is 9.62. The minimum Gasteiger partial charge on any atom is -0.492 e. The third kappa shape index (κ3) is 1.25. The van der Waals surface area contributed by atoms with Crippen LogP contribution in [0.15, 0.2) is 24.3 Å². The van der Waals surface area contributed by atoms with Gasteiger partial charge in [-0.05, 0) is 32.9 Å². The number of nitrogens with zero attached hydrogens (tertiary/aromatic N) is 2. The van der Waals surface area contributed by atoms with Crippen molar-refractivity contribution in [2.45, 2.75) is 26.3 Å². The normalized spacial score (nSPS) is 12.2. The molecule has 1 heterocycles. The molecule has 0 fully saturated rings. The van der Waals surface area contributed by atoms with Crippen LogP contribution >= 0.6 is 0 Å². The summed E-state index contributed by atoms with van der Waals surface area (Å²) < 4.78 is 1.84. The summed E-state index contributed by atoms with van der Waals surface area (Å²) in [7, 11) is 0. The molecule has 1 aromatic heterocycles. The van der Waals surface area contributed by atoms with Crippen LogP contribution in [-0.4, -0.2) is 14.9 Å². The first-order chi connectivity index (χ1) is 6.50. The van der Waals surface area contributed by atoms with Crippen LogP contribution in [0.25, 0.3) is 10.9 Å². The Morgan fingerprint density at radius 3 is 2.50 bits per heavy atom. The first-order valence-corrected chi connectivity index (χ1v) is 4.67. The molecule has 74 valence electrons. The molecule has 3 heteroatoms. The summed E-state index contributed by atoms with van der Waals surface area (Å²) in [6.07, 6.45) is 0. The van der Waals surface area contributed by atoms with Crippen LogP contribution in [0, 0.1) is 0 Å². The molecule has 0 aliphatic rings. The van der Waals surface area contributed by atoms with Gasteiger partial charge in [-0.3, -0.25) is 4.68 Å². The Labute approximate surface area is 83.0 Å². The van der Waals surface area contributed by atoms with Gasteiger partial charge in [0, 0.05) is 0 Å². The molecule has 2 aromatic rings. The van der Waals surface area contributed by atoms with E-state index in [-0.39, 0.29) is 11.4 Å². The Morgan fingerprint density at radius 2 is 1.86 bits per heavy atom. The fraction of sp³-hybridized carbons (Fsp3) is 0.364. The van der Waals surface area contributed by atoms with E-state index in [0.717, 1.165) is 10.9 Å². The molecular weight excluding hydrogens is 176 g/mol. The van der Waals surface area contributed by atoms with Gasteiger partial charge in [0.25, 0.3) is 0 Å². The molecule has 0 bridgehead atoms. The van der Waals surface area contributed by atoms with Gasteiger partial charge in [0.1, 0.15) is 0 Å². The molecule has 3 nitrogen and oxygen atoms in total. The number of fused-ring (bicyclic) bond motifs is 1. The highest BCUT2D eigenvalue weighted by atomic mass is 16.3. The first-order valence-electron chi connectivity index (χ1n) is 4.67. The third-order valence-corrected chi connectivity index (χ3v) is 2.20. The first kappa shape index (κ1) is 9.06. The molecule has 0 radical (unpaired) electrons. The van der Waals surface area contributed by atoms with Gasteiger partial charge < -0.3 is 5.11 Å². The lowest BCUT2D eigenvalue weighted by molar-refractivity contribution is 0.348.